The van der Waals surface area contributed by atoms with Gasteiger partial charge in [-0.1, -0.05) is 33.3 Å². The van der Waals surface area contributed by atoms with E-state index in [0.29, 0.717) is 25.7 Å². The lowest BCUT2D eigenvalue weighted by Crippen LogP contribution is -2.39. The van der Waals surface area contributed by atoms with Crippen molar-refractivity contribution in [1.29, 1.82) is 0 Å². The first kappa shape index (κ1) is 37.0. The molecule has 11 nitrogen and oxygen atoms in total. The van der Waals surface area contributed by atoms with E-state index >= 15 is 0 Å². The van der Waals surface area contributed by atoms with Crippen LogP contribution in [0, 0.1) is 0 Å². The van der Waals surface area contributed by atoms with Crippen molar-refractivity contribution in [2.75, 3.05) is 32.5 Å². The third-order valence-corrected chi connectivity index (χ3v) is 4.58. The zero-order chi connectivity index (χ0) is 29.6. The Labute approximate surface area is 228 Å². The second-order valence-corrected chi connectivity index (χ2v) is 9.39. The number of aldehydes is 1. The lowest BCUT2D eigenvalue weighted by Gasteiger charge is -2.18. The van der Waals surface area contributed by atoms with Crippen molar-refractivity contribution in [3.8, 4) is 0 Å². The minimum absolute atomic E-state index is 0.00505. The van der Waals surface area contributed by atoms with Crippen LogP contribution in [0.2, 0.25) is 0 Å². The van der Waals surface area contributed by atoms with Gasteiger partial charge in [0, 0.05) is 18.8 Å². The van der Waals surface area contributed by atoms with Gasteiger partial charge in [0.1, 0.15) is 11.9 Å². The molecule has 1 aromatic rings. The number of nitrogens with two attached hydrogens (primary N) is 1. The number of carbonyl (C=O) groups excluding carboxylic acids is 4. The Balaban J connectivity index is 0. The Morgan fingerprint density at radius 3 is 2.16 bits per heavy atom. The van der Waals surface area contributed by atoms with Crippen molar-refractivity contribution in [3.05, 3.63) is 29.3 Å². The molecule has 1 rings (SSSR count). The number of nitrogens with one attached hydrogen (secondary N) is 5. The number of alkyl carbamates (subject to hydrolysis) is 1. The second-order valence-electron chi connectivity index (χ2n) is 9.39. The highest BCUT2D eigenvalue weighted by molar-refractivity contribution is 5.94. The number of anilines is 1. The fourth-order valence-electron chi connectivity index (χ4n) is 3.00. The van der Waals surface area contributed by atoms with E-state index in [1.807, 2.05) is 25.2 Å². The molecule has 1 atom stereocenters. The molecule has 0 unspecified atom stereocenters. The van der Waals surface area contributed by atoms with E-state index in [4.69, 9.17) is 10.5 Å². The number of amides is 4. The van der Waals surface area contributed by atoms with Gasteiger partial charge in [-0.25, -0.2) is 9.59 Å². The van der Waals surface area contributed by atoms with Gasteiger partial charge in [0.2, 0.25) is 5.91 Å². The Morgan fingerprint density at radius 1 is 1.05 bits per heavy atom. The zero-order valence-electron chi connectivity index (χ0n) is 24.5. The maximum Gasteiger partial charge on any atom is 0.408 e. The van der Waals surface area contributed by atoms with Crippen LogP contribution in [-0.4, -0.2) is 63.1 Å². The van der Waals surface area contributed by atoms with Gasteiger partial charge >= 0.3 is 12.1 Å². The Hall–Kier alpha value is -3.18. The van der Waals surface area contributed by atoms with Crippen LogP contribution < -0.4 is 32.3 Å². The molecule has 218 valence electrons. The van der Waals surface area contributed by atoms with E-state index in [1.165, 1.54) is 17.5 Å². The topological polar surface area (TPSA) is 164 Å². The number of hydrogen-bond acceptors (Lipinski definition) is 7. The van der Waals surface area contributed by atoms with E-state index < -0.39 is 17.7 Å². The number of urea groups is 1. The molecule has 0 aliphatic heterocycles. The molecule has 38 heavy (non-hydrogen) atoms. The molecule has 0 aromatic heterocycles. The molecule has 7 N–H and O–H groups in total. The van der Waals surface area contributed by atoms with Crippen LogP contribution in [0.15, 0.2) is 18.2 Å². The molecule has 0 heterocycles. The van der Waals surface area contributed by atoms with Crippen molar-refractivity contribution >= 4 is 30.0 Å². The average molecular weight is 539 g/mol. The lowest BCUT2D eigenvalue weighted by molar-refractivity contribution is -0.118. The third-order valence-electron chi connectivity index (χ3n) is 4.58. The molecule has 0 bridgehead atoms. The summed E-state index contributed by atoms with van der Waals surface area (Å²) in [6.45, 7) is 12.9. The monoisotopic (exact) mass is 538 g/mol. The van der Waals surface area contributed by atoms with Gasteiger partial charge in [0.15, 0.2) is 0 Å². The van der Waals surface area contributed by atoms with Gasteiger partial charge in [0.25, 0.3) is 0 Å². The summed E-state index contributed by atoms with van der Waals surface area (Å²) in [7, 11) is 3.65. The van der Waals surface area contributed by atoms with Crippen LogP contribution in [0.3, 0.4) is 0 Å². The predicted molar refractivity (Wildman–Crippen MR) is 153 cm³/mol. The van der Waals surface area contributed by atoms with Crippen LogP contribution in [0.5, 0.6) is 0 Å². The van der Waals surface area contributed by atoms with Crippen LogP contribution in [0.1, 0.15) is 71.9 Å². The first-order valence-corrected chi connectivity index (χ1v) is 13.1. The number of benzene rings is 1. The Morgan fingerprint density at radius 2 is 1.68 bits per heavy atom. The summed E-state index contributed by atoms with van der Waals surface area (Å²) in [5.41, 5.74) is 7.75. The number of carbonyl (C=O) groups is 4. The first-order chi connectivity index (χ1) is 17.9. The summed E-state index contributed by atoms with van der Waals surface area (Å²) in [5, 5.41) is 13.9. The number of rotatable bonds is 12. The van der Waals surface area contributed by atoms with Crippen molar-refractivity contribution in [2.45, 2.75) is 85.4 Å². The van der Waals surface area contributed by atoms with Crippen LogP contribution in [0.25, 0.3) is 0 Å². The van der Waals surface area contributed by atoms with E-state index in [1.54, 1.807) is 27.8 Å². The summed E-state index contributed by atoms with van der Waals surface area (Å²) in [4.78, 5) is 43.6. The molecule has 0 aliphatic carbocycles. The maximum absolute atomic E-state index is 12.4. The minimum atomic E-state index is -0.565. The van der Waals surface area contributed by atoms with E-state index in [9.17, 15) is 19.2 Å². The SMILES string of the molecule is CC(C)(C)OC(=O)NCC=O.CCC.CCc1ccc(NC(=O)[C@H](CCCNC(N)=O)NC)cc1CNC. The van der Waals surface area contributed by atoms with Crippen molar-refractivity contribution in [3.63, 3.8) is 0 Å². The van der Waals surface area contributed by atoms with Crippen molar-refractivity contribution < 1.29 is 23.9 Å². The van der Waals surface area contributed by atoms with Crippen molar-refractivity contribution in [2.24, 2.45) is 5.73 Å². The molecule has 0 saturated heterocycles. The molecule has 0 spiro atoms. The molecule has 1 aromatic carbocycles. The first-order valence-electron chi connectivity index (χ1n) is 13.1. The predicted octanol–water partition coefficient (Wildman–Crippen LogP) is 3.07. The smallest absolute Gasteiger partial charge is 0.408 e. The Bertz CT molecular complexity index is 827. The lowest BCUT2D eigenvalue weighted by atomic mass is 10.0. The van der Waals surface area contributed by atoms with Crippen LogP contribution in [0.4, 0.5) is 15.3 Å². The fourth-order valence-corrected chi connectivity index (χ4v) is 3.00. The summed E-state index contributed by atoms with van der Waals surface area (Å²) in [6, 6.07) is 5.12. The number of aryl methyl sites for hydroxylation is 1. The van der Waals surface area contributed by atoms with Gasteiger partial charge in [-0.05, 0) is 77.4 Å². The van der Waals surface area contributed by atoms with E-state index in [0.717, 1.165) is 18.7 Å². The number of likely N-dealkylation sites (N-methyl/N-ethyl adjacent to an activating group) is 1. The van der Waals surface area contributed by atoms with Gasteiger partial charge in [-0.3, -0.25) is 4.79 Å². The average Bonchev–Trinajstić information content (AvgIpc) is 2.83. The highest BCUT2D eigenvalue weighted by atomic mass is 16.6. The van der Waals surface area contributed by atoms with E-state index in [2.05, 4.69) is 47.4 Å². The number of ether oxygens (including phenoxy) is 1. The maximum atomic E-state index is 12.4. The van der Waals surface area contributed by atoms with Gasteiger partial charge in [0.05, 0.1) is 12.6 Å². The number of primary amides is 1. The summed E-state index contributed by atoms with van der Waals surface area (Å²) >= 11 is 0. The van der Waals surface area contributed by atoms with Crippen LogP contribution in [-0.2, 0) is 27.3 Å². The van der Waals surface area contributed by atoms with Gasteiger partial charge in [-0.2, -0.15) is 0 Å². The zero-order valence-corrected chi connectivity index (χ0v) is 24.5. The Kier molecular flexibility index (Phi) is 21.3. The molecule has 4 amide bonds. The van der Waals surface area contributed by atoms with Gasteiger partial charge in [-0.15, -0.1) is 0 Å². The molecular formula is C27H50N6O5. The highest BCUT2D eigenvalue weighted by Gasteiger charge is 2.17. The summed E-state index contributed by atoms with van der Waals surface area (Å²) < 4.78 is 4.83. The second kappa shape index (κ2) is 21.9. The molecule has 0 radical (unpaired) electrons. The highest BCUT2D eigenvalue weighted by Crippen LogP contribution is 2.17. The quantitative estimate of drug-likeness (QED) is 0.176. The molecule has 0 saturated carbocycles. The van der Waals surface area contributed by atoms with Crippen molar-refractivity contribution in [1.82, 2.24) is 21.3 Å². The molecule has 0 fully saturated rings. The summed E-state index contributed by atoms with van der Waals surface area (Å²) in [5.74, 6) is -0.0868. The minimum Gasteiger partial charge on any atom is -0.444 e. The molecule has 11 heteroatoms. The third kappa shape index (κ3) is 19.9. The normalized spacial score (nSPS) is 10.9. The van der Waals surface area contributed by atoms with E-state index in [-0.39, 0.29) is 18.5 Å². The molecular weight excluding hydrogens is 488 g/mol. The van der Waals surface area contributed by atoms with Crippen LogP contribution >= 0.6 is 0 Å². The number of hydrogen-bond donors (Lipinski definition) is 6. The fraction of sp³-hybridized carbons (Fsp3) is 0.630. The largest absolute Gasteiger partial charge is 0.444 e. The molecule has 0 aliphatic rings. The summed E-state index contributed by atoms with van der Waals surface area (Å²) in [6.07, 6.45) is 3.52. The standard InChI is InChI=1S/C17H29N5O2.C7H13NO3.C3H8/c1-4-12-7-8-14(10-13(12)11-19-2)22-16(23)15(20-3)6-5-9-21-17(18)24;1-7(2,3)11-6(10)8-4-5-9;1-3-2/h7-8,10,15,19-20H,4-6,9,11H2,1-3H3,(H,22,23)(H3,18,21,24);5H,4H2,1-3H3,(H,8,10);3H2,1-2H3/t15-;;/m0../s1. The van der Waals surface area contributed by atoms with Gasteiger partial charge < -0.3 is 41.8 Å².